The molecule has 1 aromatic rings. The Morgan fingerprint density at radius 3 is 2.67 bits per heavy atom. The molecule has 8 heteroatoms. The minimum Gasteiger partial charge on any atom is -0.447 e. The van der Waals surface area contributed by atoms with Crippen molar-refractivity contribution in [3.8, 4) is 0 Å². The van der Waals surface area contributed by atoms with Gasteiger partial charge in [0, 0.05) is 20.1 Å². The van der Waals surface area contributed by atoms with Crippen molar-refractivity contribution in [2.75, 3.05) is 33.7 Å². The summed E-state index contributed by atoms with van der Waals surface area (Å²) in [5.74, 6) is 0.424. The zero-order valence-electron chi connectivity index (χ0n) is 12.3. The number of hydrogen-bond acceptors (Lipinski definition) is 5. The van der Waals surface area contributed by atoms with Gasteiger partial charge in [-0.3, -0.25) is 9.69 Å². The number of nitrogens with zero attached hydrogens (tertiary/aromatic N) is 2. The SMILES string of the molecule is CNC(=O)CN(C)Cc1ccc(S(=O)(=O)N2CCCC2)o1. The van der Waals surface area contributed by atoms with E-state index < -0.39 is 10.0 Å². The number of carbonyl (C=O) groups is 1. The second kappa shape index (κ2) is 6.59. The van der Waals surface area contributed by atoms with Crippen LogP contribution in [0.25, 0.3) is 0 Å². The number of hydrogen-bond donors (Lipinski definition) is 1. The van der Waals surface area contributed by atoms with Crippen LogP contribution >= 0.6 is 0 Å². The second-order valence-electron chi connectivity index (χ2n) is 5.18. The van der Waals surface area contributed by atoms with Crippen LogP contribution in [0.4, 0.5) is 0 Å². The maximum absolute atomic E-state index is 12.3. The molecule has 1 N–H and O–H groups in total. The van der Waals surface area contributed by atoms with E-state index in [0.717, 1.165) is 12.8 Å². The first-order valence-electron chi connectivity index (χ1n) is 6.91. The summed E-state index contributed by atoms with van der Waals surface area (Å²) in [5, 5.41) is 2.51. The lowest BCUT2D eigenvalue weighted by Gasteiger charge is -2.14. The fourth-order valence-electron chi connectivity index (χ4n) is 2.28. The Bertz CT molecular complexity index is 590. The van der Waals surface area contributed by atoms with E-state index in [2.05, 4.69) is 5.32 Å². The summed E-state index contributed by atoms with van der Waals surface area (Å²) in [7, 11) is -0.169. The van der Waals surface area contributed by atoms with Crippen LogP contribution in [-0.2, 0) is 21.4 Å². The van der Waals surface area contributed by atoms with Crippen molar-refractivity contribution < 1.29 is 17.6 Å². The fourth-order valence-corrected chi connectivity index (χ4v) is 3.73. The summed E-state index contributed by atoms with van der Waals surface area (Å²) in [4.78, 5) is 13.0. The number of carbonyl (C=O) groups excluding carboxylic acids is 1. The molecule has 0 aromatic carbocycles. The summed E-state index contributed by atoms with van der Waals surface area (Å²) >= 11 is 0. The van der Waals surface area contributed by atoms with Gasteiger partial charge in [-0.2, -0.15) is 4.31 Å². The molecule has 21 heavy (non-hydrogen) atoms. The topological polar surface area (TPSA) is 82.9 Å². The van der Waals surface area contributed by atoms with Crippen LogP contribution < -0.4 is 5.32 Å². The quantitative estimate of drug-likeness (QED) is 0.813. The standard InChI is InChI=1S/C13H21N3O4S/c1-14-12(17)10-15(2)9-11-5-6-13(20-11)21(18,19)16-7-3-4-8-16/h5-6H,3-4,7-10H2,1-2H3,(H,14,17). The van der Waals surface area contributed by atoms with E-state index in [1.165, 1.54) is 10.4 Å². The molecule has 0 aliphatic carbocycles. The smallest absolute Gasteiger partial charge is 0.276 e. The third-order valence-electron chi connectivity index (χ3n) is 3.41. The molecular formula is C13H21N3O4S. The summed E-state index contributed by atoms with van der Waals surface area (Å²) in [6.07, 6.45) is 1.78. The Hall–Kier alpha value is -1.38. The van der Waals surface area contributed by atoms with E-state index in [4.69, 9.17) is 4.42 Å². The zero-order valence-corrected chi connectivity index (χ0v) is 13.1. The van der Waals surface area contributed by atoms with Crippen LogP contribution in [0.1, 0.15) is 18.6 Å². The van der Waals surface area contributed by atoms with Crippen molar-refractivity contribution in [2.45, 2.75) is 24.5 Å². The van der Waals surface area contributed by atoms with Crippen molar-refractivity contribution in [3.05, 3.63) is 17.9 Å². The van der Waals surface area contributed by atoms with Gasteiger partial charge in [-0.1, -0.05) is 0 Å². The third kappa shape index (κ3) is 3.84. The third-order valence-corrected chi connectivity index (χ3v) is 5.19. The van der Waals surface area contributed by atoms with Gasteiger partial charge < -0.3 is 9.73 Å². The van der Waals surface area contributed by atoms with Crippen molar-refractivity contribution in [2.24, 2.45) is 0 Å². The van der Waals surface area contributed by atoms with Crippen LogP contribution in [0.2, 0.25) is 0 Å². The first kappa shape index (κ1) is 16.0. The Morgan fingerprint density at radius 1 is 1.38 bits per heavy atom. The molecule has 2 heterocycles. The number of nitrogens with one attached hydrogen (secondary N) is 1. The van der Waals surface area contributed by atoms with E-state index in [1.807, 2.05) is 0 Å². The molecule has 1 aliphatic heterocycles. The lowest BCUT2D eigenvalue weighted by Crippen LogP contribution is -2.32. The van der Waals surface area contributed by atoms with Gasteiger partial charge in [0.2, 0.25) is 11.0 Å². The van der Waals surface area contributed by atoms with Crippen molar-refractivity contribution >= 4 is 15.9 Å². The number of rotatable bonds is 6. The maximum Gasteiger partial charge on any atom is 0.276 e. The highest BCUT2D eigenvalue weighted by atomic mass is 32.2. The summed E-state index contributed by atoms with van der Waals surface area (Å²) in [6.45, 7) is 1.71. The maximum atomic E-state index is 12.3. The molecule has 7 nitrogen and oxygen atoms in total. The zero-order chi connectivity index (χ0) is 15.5. The molecule has 1 aromatic heterocycles. The van der Waals surface area contributed by atoms with Crippen molar-refractivity contribution in [1.82, 2.24) is 14.5 Å². The van der Waals surface area contributed by atoms with Crippen molar-refractivity contribution in [1.29, 1.82) is 0 Å². The van der Waals surface area contributed by atoms with Crippen LogP contribution in [0, 0.1) is 0 Å². The van der Waals surface area contributed by atoms with Crippen LogP contribution in [0.3, 0.4) is 0 Å². The van der Waals surface area contributed by atoms with E-state index in [9.17, 15) is 13.2 Å². The van der Waals surface area contributed by atoms with Gasteiger partial charge in [0.15, 0.2) is 0 Å². The lowest BCUT2D eigenvalue weighted by molar-refractivity contribution is -0.121. The number of amides is 1. The van der Waals surface area contributed by atoms with Crippen molar-refractivity contribution in [3.63, 3.8) is 0 Å². The molecule has 0 spiro atoms. The first-order valence-corrected chi connectivity index (χ1v) is 8.35. The van der Waals surface area contributed by atoms with Gasteiger partial charge in [-0.05, 0) is 32.0 Å². The van der Waals surface area contributed by atoms with E-state index in [0.29, 0.717) is 25.4 Å². The summed E-state index contributed by atoms with van der Waals surface area (Å²) in [6, 6.07) is 3.13. The van der Waals surface area contributed by atoms with Gasteiger partial charge in [-0.15, -0.1) is 0 Å². The predicted molar refractivity (Wildman–Crippen MR) is 77.1 cm³/mol. The number of sulfonamides is 1. The van der Waals surface area contributed by atoms with Gasteiger partial charge in [0.05, 0.1) is 13.1 Å². The largest absolute Gasteiger partial charge is 0.447 e. The first-order chi connectivity index (χ1) is 9.93. The molecule has 1 fully saturated rings. The molecule has 1 amide bonds. The summed E-state index contributed by atoms with van der Waals surface area (Å²) in [5.41, 5.74) is 0. The molecule has 118 valence electrons. The average Bonchev–Trinajstić information content (AvgIpc) is 3.09. The molecule has 1 saturated heterocycles. The molecule has 0 saturated carbocycles. The highest BCUT2D eigenvalue weighted by Gasteiger charge is 2.30. The Balaban J connectivity index is 2.02. The van der Waals surface area contributed by atoms with E-state index in [-0.39, 0.29) is 17.5 Å². The second-order valence-corrected chi connectivity index (χ2v) is 7.05. The Kier molecular flexibility index (Phi) is 5.02. The van der Waals surface area contributed by atoms with Crippen LogP contribution in [0.5, 0.6) is 0 Å². The molecule has 1 aliphatic rings. The van der Waals surface area contributed by atoms with Gasteiger partial charge in [-0.25, -0.2) is 8.42 Å². The van der Waals surface area contributed by atoms with Crippen LogP contribution in [-0.4, -0.2) is 57.3 Å². The Morgan fingerprint density at radius 2 is 2.05 bits per heavy atom. The molecule has 0 atom stereocenters. The number of likely N-dealkylation sites (N-methyl/N-ethyl adjacent to an activating group) is 2. The minimum absolute atomic E-state index is 0.0206. The molecule has 2 rings (SSSR count). The molecule has 0 unspecified atom stereocenters. The van der Waals surface area contributed by atoms with Gasteiger partial charge in [0.1, 0.15) is 5.76 Å². The van der Waals surface area contributed by atoms with Gasteiger partial charge in [0.25, 0.3) is 10.0 Å². The number of furan rings is 1. The van der Waals surface area contributed by atoms with Crippen LogP contribution in [0.15, 0.2) is 21.6 Å². The monoisotopic (exact) mass is 315 g/mol. The predicted octanol–water partition coefficient (Wildman–Crippen LogP) is 0.242. The normalized spacial score (nSPS) is 16.5. The van der Waals surface area contributed by atoms with E-state index in [1.54, 1.807) is 25.1 Å². The summed E-state index contributed by atoms with van der Waals surface area (Å²) < 4.78 is 31.5. The minimum atomic E-state index is -3.51. The lowest BCUT2D eigenvalue weighted by atomic mass is 10.4. The highest BCUT2D eigenvalue weighted by molar-refractivity contribution is 7.89. The highest BCUT2D eigenvalue weighted by Crippen LogP contribution is 2.23. The molecular weight excluding hydrogens is 294 g/mol. The molecule has 0 radical (unpaired) electrons. The Labute approximate surface area is 124 Å². The fraction of sp³-hybridized carbons (Fsp3) is 0.615. The van der Waals surface area contributed by atoms with E-state index >= 15 is 0 Å². The average molecular weight is 315 g/mol. The molecule has 0 bridgehead atoms. The van der Waals surface area contributed by atoms with Gasteiger partial charge >= 0.3 is 0 Å².